The lowest BCUT2D eigenvalue weighted by molar-refractivity contribution is -0.137. The van der Waals surface area contributed by atoms with Gasteiger partial charge in [0, 0.05) is 34.0 Å². The smallest absolute Gasteiger partial charge is 0.366 e. The van der Waals surface area contributed by atoms with Crippen LogP contribution >= 0.6 is 11.3 Å². The van der Waals surface area contributed by atoms with E-state index in [-0.39, 0.29) is 6.10 Å². The zero-order chi connectivity index (χ0) is 21.8. The van der Waals surface area contributed by atoms with E-state index >= 15 is 0 Å². The van der Waals surface area contributed by atoms with Gasteiger partial charge in [-0.2, -0.15) is 13.2 Å². The first-order chi connectivity index (χ1) is 14.8. The lowest BCUT2D eigenvalue weighted by Crippen LogP contribution is -2.03. The molecule has 1 fully saturated rings. The molecule has 5 rings (SSSR count). The average molecular weight is 444 g/mol. The van der Waals surface area contributed by atoms with Crippen molar-refractivity contribution in [3.8, 4) is 10.6 Å². The Kier molecular flexibility index (Phi) is 4.88. The van der Waals surface area contributed by atoms with E-state index in [0.717, 1.165) is 39.2 Å². The van der Waals surface area contributed by atoms with Crippen LogP contribution in [0.3, 0.4) is 0 Å². The molecule has 8 heteroatoms. The van der Waals surface area contributed by atoms with Gasteiger partial charge in [0.2, 0.25) is 0 Å². The highest BCUT2D eigenvalue weighted by Gasteiger charge is 2.37. The molecule has 2 aromatic carbocycles. The molecule has 1 aliphatic rings. The van der Waals surface area contributed by atoms with Crippen LogP contribution in [0.15, 0.2) is 54.7 Å². The van der Waals surface area contributed by atoms with Crippen LogP contribution in [-0.4, -0.2) is 27.1 Å². The van der Waals surface area contributed by atoms with E-state index in [1.165, 1.54) is 23.5 Å². The molecule has 0 aliphatic carbocycles. The number of ether oxygens (including phenoxy) is 1. The van der Waals surface area contributed by atoms with Gasteiger partial charge in [-0.25, -0.2) is 4.98 Å². The number of aromatic nitrogens is 2. The summed E-state index contributed by atoms with van der Waals surface area (Å²) in [4.78, 5) is 5.64. The van der Waals surface area contributed by atoms with Crippen molar-refractivity contribution in [1.82, 2.24) is 9.55 Å². The van der Waals surface area contributed by atoms with Crippen LogP contribution in [0.4, 0.5) is 13.2 Å². The van der Waals surface area contributed by atoms with Gasteiger partial charge in [0.05, 0.1) is 17.8 Å². The molecule has 0 spiro atoms. The Balaban J connectivity index is 1.43. The van der Waals surface area contributed by atoms with Gasteiger partial charge in [0.15, 0.2) is 6.29 Å². The molecular formula is C23H19F3N2O2S. The number of para-hydroxylation sites is 1. The molecular weight excluding hydrogens is 425 g/mol. The molecule has 0 bridgehead atoms. The van der Waals surface area contributed by atoms with Crippen LogP contribution in [-0.2, 0) is 23.9 Å². The minimum atomic E-state index is -4.35. The summed E-state index contributed by atoms with van der Waals surface area (Å²) in [6, 6.07) is 13.2. The van der Waals surface area contributed by atoms with Crippen molar-refractivity contribution in [3.05, 3.63) is 76.4 Å². The highest BCUT2D eigenvalue weighted by molar-refractivity contribution is 7.15. The van der Waals surface area contributed by atoms with Crippen LogP contribution < -0.4 is 0 Å². The second-order valence-electron chi connectivity index (χ2n) is 7.67. The van der Waals surface area contributed by atoms with Crippen molar-refractivity contribution in [2.24, 2.45) is 0 Å². The molecule has 1 aliphatic heterocycles. The summed E-state index contributed by atoms with van der Waals surface area (Å²) < 4.78 is 45.8. The Hall–Kier alpha value is -2.68. The fourth-order valence-electron chi connectivity index (χ4n) is 3.77. The number of aryl methyl sites for hydroxylation is 1. The minimum absolute atomic E-state index is 0.157. The molecule has 3 heterocycles. The number of epoxide rings is 1. The number of alkyl halides is 3. The predicted molar refractivity (Wildman–Crippen MR) is 113 cm³/mol. The van der Waals surface area contributed by atoms with Gasteiger partial charge in [-0.15, -0.1) is 11.3 Å². The summed E-state index contributed by atoms with van der Waals surface area (Å²) in [6.07, 6.45) is -2.46. The maximum Gasteiger partial charge on any atom is 0.416 e. The number of halogens is 3. The third kappa shape index (κ3) is 3.98. The van der Waals surface area contributed by atoms with Crippen LogP contribution in [0.25, 0.3) is 21.5 Å². The van der Waals surface area contributed by atoms with E-state index in [1.54, 1.807) is 0 Å². The number of thiazole rings is 1. The lowest BCUT2D eigenvalue weighted by atomic mass is 10.1. The van der Waals surface area contributed by atoms with Crippen molar-refractivity contribution < 1.29 is 23.0 Å². The molecule has 2 aromatic heterocycles. The first-order valence-electron chi connectivity index (χ1n) is 9.84. The average Bonchev–Trinajstić information content (AvgIpc) is 3.15. The first kappa shape index (κ1) is 20.2. The fraction of sp³-hybridized carbons (Fsp3) is 0.261. The van der Waals surface area contributed by atoms with Gasteiger partial charge in [0.1, 0.15) is 11.1 Å². The molecule has 1 N–H and O–H groups in total. The maximum atomic E-state index is 12.8. The SMILES string of the molecule is Cc1nc(-c2ccc(C(F)(F)F)cc2)sc1Cn1cc(CC2OC2O)c2ccccc21. The number of benzene rings is 2. The van der Waals surface area contributed by atoms with Gasteiger partial charge < -0.3 is 14.4 Å². The Morgan fingerprint density at radius 3 is 2.52 bits per heavy atom. The Morgan fingerprint density at radius 1 is 1.13 bits per heavy atom. The molecule has 2 atom stereocenters. The maximum absolute atomic E-state index is 12.8. The van der Waals surface area contributed by atoms with E-state index in [0.29, 0.717) is 23.5 Å². The first-order valence-corrected chi connectivity index (χ1v) is 10.7. The number of aliphatic hydroxyl groups is 1. The van der Waals surface area contributed by atoms with E-state index in [4.69, 9.17) is 4.74 Å². The van der Waals surface area contributed by atoms with Crippen molar-refractivity contribution in [1.29, 1.82) is 0 Å². The van der Waals surface area contributed by atoms with Crippen LogP contribution in [0.5, 0.6) is 0 Å². The third-order valence-corrected chi connectivity index (χ3v) is 6.70. The van der Waals surface area contributed by atoms with Crippen molar-refractivity contribution in [2.75, 3.05) is 0 Å². The number of aliphatic hydroxyl groups excluding tert-OH is 1. The van der Waals surface area contributed by atoms with E-state index in [9.17, 15) is 18.3 Å². The Bertz CT molecular complexity index is 1240. The van der Waals surface area contributed by atoms with Gasteiger partial charge >= 0.3 is 6.18 Å². The molecule has 1 saturated heterocycles. The second-order valence-corrected chi connectivity index (χ2v) is 8.75. The van der Waals surface area contributed by atoms with Crippen LogP contribution in [0, 0.1) is 6.92 Å². The Morgan fingerprint density at radius 2 is 1.84 bits per heavy atom. The largest absolute Gasteiger partial charge is 0.416 e. The Labute approximate surface area is 180 Å². The lowest BCUT2D eigenvalue weighted by Gasteiger charge is -2.06. The quantitative estimate of drug-likeness (QED) is 0.420. The number of nitrogens with zero attached hydrogens (tertiary/aromatic N) is 2. The minimum Gasteiger partial charge on any atom is -0.366 e. The summed E-state index contributed by atoms with van der Waals surface area (Å²) in [5, 5.41) is 11.3. The monoisotopic (exact) mass is 444 g/mol. The molecule has 31 heavy (non-hydrogen) atoms. The zero-order valence-corrected chi connectivity index (χ0v) is 17.4. The summed E-state index contributed by atoms with van der Waals surface area (Å²) >= 11 is 1.49. The molecule has 4 aromatic rings. The standard InChI is InChI=1S/C23H19F3N2O2S/c1-13-20(31-21(27-13)14-6-8-16(9-7-14)23(24,25)26)12-28-11-15(10-19-22(29)30-19)17-4-2-3-5-18(17)28/h2-9,11,19,22,29H,10,12H2,1H3. The molecule has 0 saturated carbocycles. The molecule has 0 radical (unpaired) electrons. The van der Waals surface area contributed by atoms with Gasteiger partial charge in [-0.1, -0.05) is 30.3 Å². The van der Waals surface area contributed by atoms with E-state index < -0.39 is 18.0 Å². The van der Waals surface area contributed by atoms with Crippen LogP contribution in [0.2, 0.25) is 0 Å². The van der Waals surface area contributed by atoms with Gasteiger partial charge in [-0.3, -0.25) is 0 Å². The molecule has 2 unspecified atom stereocenters. The number of hydrogen-bond acceptors (Lipinski definition) is 4. The van der Waals surface area contributed by atoms with Crippen LogP contribution in [0.1, 0.15) is 21.7 Å². The second kappa shape index (κ2) is 7.47. The van der Waals surface area contributed by atoms with E-state index in [2.05, 4.69) is 27.9 Å². The summed E-state index contributed by atoms with van der Waals surface area (Å²) in [5.74, 6) is 0. The van der Waals surface area contributed by atoms with E-state index in [1.807, 2.05) is 19.1 Å². The molecule has 160 valence electrons. The highest BCUT2D eigenvalue weighted by Crippen LogP contribution is 2.34. The fourth-order valence-corrected chi connectivity index (χ4v) is 4.84. The normalized spacial score (nSPS) is 18.6. The van der Waals surface area contributed by atoms with Crippen molar-refractivity contribution in [3.63, 3.8) is 0 Å². The van der Waals surface area contributed by atoms with Crippen molar-refractivity contribution in [2.45, 2.75) is 38.5 Å². The molecule has 4 nitrogen and oxygen atoms in total. The highest BCUT2D eigenvalue weighted by atomic mass is 32.1. The summed E-state index contributed by atoms with van der Waals surface area (Å²) in [7, 11) is 0. The predicted octanol–water partition coefficient (Wildman–Crippen LogP) is 5.40. The number of rotatable bonds is 5. The van der Waals surface area contributed by atoms with Crippen molar-refractivity contribution >= 4 is 22.2 Å². The zero-order valence-electron chi connectivity index (χ0n) is 16.6. The topological polar surface area (TPSA) is 50.6 Å². The summed E-state index contributed by atoms with van der Waals surface area (Å²) in [6.45, 7) is 2.53. The van der Waals surface area contributed by atoms with Gasteiger partial charge in [0.25, 0.3) is 0 Å². The number of hydrogen-bond donors (Lipinski definition) is 1. The third-order valence-electron chi connectivity index (χ3n) is 5.51. The number of fused-ring (bicyclic) bond motifs is 1. The molecule has 0 amide bonds. The van der Waals surface area contributed by atoms with Gasteiger partial charge in [-0.05, 0) is 30.7 Å². The summed E-state index contributed by atoms with van der Waals surface area (Å²) in [5.41, 5.74) is 3.06.